The highest BCUT2D eigenvalue weighted by atomic mass is 16.5. The van der Waals surface area contributed by atoms with Crippen molar-refractivity contribution in [1.82, 2.24) is 0 Å². The molecule has 1 heterocycles. The molecule has 3 aromatic rings. The highest BCUT2D eigenvalue weighted by Crippen LogP contribution is 2.30. The Labute approximate surface area is 186 Å². The number of anilines is 2. The van der Waals surface area contributed by atoms with E-state index in [9.17, 15) is 14.4 Å². The maximum atomic E-state index is 12.7. The van der Waals surface area contributed by atoms with E-state index in [4.69, 9.17) is 4.74 Å². The van der Waals surface area contributed by atoms with Gasteiger partial charge in [0.2, 0.25) is 0 Å². The van der Waals surface area contributed by atoms with E-state index < -0.39 is 6.10 Å². The Morgan fingerprint density at radius 3 is 2.16 bits per heavy atom. The lowest BCUT2D eigenvalue weighted by Crippen LogP contribution is -2.31. The van der Waals surface area contributed by atoms with E-state index in [1.54, 1.807) is 55.5 Å². The molecule has 162 valence electrons. The zero-order chi connectivity index (χ0) is 22.8. The van der Waals surface area contributed by atoms with Crippen LogP contribution in [0.5, 0.6) is 5.75 Å². The van der Waals surface area contributed by atoms with Crippen molar-refractivity contribution in [1.29, 1.82) is 0 Å². The van der Waals surface area contributed by atoms with Gasteiger partial charge in [-0.1, -0.05) is 44.2 Å². The Kier molecular flexibility index (Phi) is 5.77. The molecule has 0 spiro atoms. The van der Waals surface area contributed by atoms with Crippen LogP contribution >= 0.6 is 0 Å². The highest BCUT2D eigenvalue weighted by molar-refractivity contribution is 6.34. The third kappa shape index (κ3) is 4.12. The zero-order valence-corrected chi connectivity index (χ0v) is 18.2. The molecule has 1 aliphatic heterocycles. The van der Waals surface area contributed by atoms with Crippen LogP contribution in [-0.4, -0.2) is 23.8 Å². The van der Waals surface area contributed by atoms with Crippen molar-refractivity contribution in [2.75, 3.05) is 10.2 Å². The molecule has 1 unspecified atom stereocenters. The Morgan fingerprint density at radius 1 is 0.844 bits per heavy atom. The molecule has 1 atom stereocenters. The first-order valence-electron chi connectivity index (χ1n) is 10.5. The van der Waals surface area contributed by atoms with E-state index in [2.05, 4.69) is 19.2 Å². The largest absolute Gasteiger partial charge is 0.481 e. The van der Waals surface area contributed by atoms with Gasteiger partial charge in [0.1, 0.15) is 5.75 Å². The quantitative estimate of drug-likeness (QED) is 0.560. The van der Waals surface area contributed by atoms with Crippen LogP contribution in [0.4, 0.5) is 11.4 Å². The minimum atomic E-state index is -0.736. The highest BCUT2D eigenvalue weighted by Gasteiger charge is 2.36. The SMILES string of the molecule is CC(Oc1cccc(C(C)C)c1)C(=O)Nc1cccc(N2C(=O)c3ccccc3C2=O)c1. The number of hydrogen-bond donors (Lipinski definition) is 1. The van der Waals surface area contributed by atoms with E-state index in [0.717, 1.165) is 10.5 Å². The number of carbonyl (C=O) groups is 3. The fraction of sp³-hybridized carbons (Fsp3) is 0.192. The number of ether oxygens (including phenoxy) is 1. The van der Waals surface area contributed by atoms with Gasteiger partial charge in [-0.2, -0.15) is 0 Å². The summed E-state index contributed by atoms with van der Waals surface area (Å²) in [5, 5.41) is 2.80. The van der Waals surface area contributed by atoms with Crippen LogP contribution in [-0.2, 0) is 4.79 Å². The number of rotatable bonds is 6. The molecular formula is C26H24N2O4. The normalized spacial score (nSPS) is 13.8. The summed E-state index contributed by atoms with van der Waals surface area (Å²) in [6.07, 6.45) is -0.736. The summed E-state index contributed by atoms with van der Waals surface area (Å²) in [4.78, 5) is 39.3. The fourth-order valence-electron chi connectivity index (χ4n) is 3.60. The molecule has 1 aliphatic rings. The molecule has 0 saturated heterocycles. The molecule has 0 aliphatic carbocycles. The second-order valence-corrected chi connectivity index (χ2v) is 8.02. The van der Waals surface area contributed by atoms with Crippen molar-refractivity contribution in [2.45, 2.75) is 32.8 Å². The average molecular weight is 428 g/mol. The lowest BCUT2D eigenvalue weighted by molar-refractivity contribution is -0.122. The Bertz CT molecular complexity index is 1170. The molecule has 6 nitrogen and oxygen atoms in total. The first-order chi connectivity index (χ1) is 15.3. The summed E-state index contributed by atoms with van der Waals surface area (Å²) in [6.45, 7) is 5.86. The lowest BCUT2D eigenvalue weighted by atomic mass is 10.0. The summed E-state index contributed by atoms with van der Waals surface area (Å²) in [7, 11) is 0. The number of amides is 3. The number of fused-ring (bicyclic) bond motifs is 1. The average Bonchev–Trinajstić information content (AvgIpc) is 3.04. The fourth-order valence-corrected chi connectivity index (χ4v) is 3.60. The first kappa shape index (κ1) is 21.3. The number of imide groups is 1. The maximum absolute atomic E-state index is 12.7. The van der Waals surface area contributed by atoms with Crippen LogP contribution in [0.3, 0.4) is 0 Å². The Balaban J connectivity index is 1.47. The second-order valence-electron chi connectivity index (χ2n) is 8.02. The van der Waals surface area contributed by atoms with Crippen molar-refractivity contribution in [3.05, 3.63) is 89.5 Å². The topological polar surface area (TPSA) is 75.7 Å². The molecule has 3 amide bonds. The molecule has 0 bridgehead atoms. The van der Waals surface area contributed by atoms with Gasteiger partial charge in [0.15, 0.2) is 6.10 Å². The van der Waals surface area contributed by atoms with Gasteiger partial charge < -0.3 is 10.1 Å². The summed E-state index contributed by atoms with van der Waals surface area (Å²) in [5.41, 5.74) is 2.74. The van der Waals surface area contributed by atoms with E-state index in [-0.39, 0.29) is 17.7 Å². The molecule has 4 rings (SSSR count). The third-order valence-electron chi connectivity index (χ3n) is 5.37. The minimum absolute atomic E-state index is 0.334. The molecule has 1 N–H and O–H groups in total. The van der Waals surface area contributed by atoms with Crippen molar-refractivity contribution in [2.24, 2.45) is 0 Å². The number of benzene rings is 3. The molecule has 0 saturated carbocycles. The summed E-state index contributed by atoms with van der Waals surface area (Å²) in [5.74, 6) is -0.114. The maximum Gasteiger partial charge on any atom is 0.266 e. The second kappa shape index (κ2) is 8.67. The molecule has 0 fully saturated rings. The van der Waals surface area contributed by atoms with Gasteiger partial charge >= 0.3 is 0 Å². The number of carbonyl (C=O) groups excluding carboxylic acids is 3. The summed E-state index contributed by atoms with van der Waals surface area (Å²) in [6, 6.07) is 21.0. The number of hydrogen-bond acceptors (Lipinski definition) is 4. The van der Waals surface area contributed by atoms with Crippen molar-refractivity contribution in [3.63, 3.8) is 0 Å². The van der Waals surface area contributed by atoms with Crippen LogP contribution in [0.2, 0.25) is 0 Å². The van der Waals surface area contributed by atoms with Crippen molar-refractivity contribution in [3.8, 4) is 5.75 Å². The van der Waals surface area contributed by atoms with E-state index >= 15 is 0 Å². The lowest BCUT2D eigenvalue weighted by Gasteiger charge is -2.18. The van der Waals surface area contributed by atoms with Crippen molar-refractivity contribution >= 4 is 29.1 Å². The van der Waals surface area contributed by atoms with E-state index in [0.29, 0.717) is 34.2 Å². The Morgan fingerprint density at radius 2 is 1.50 bits per heavy atom. The smallest absolute Gasteiger partial charge is 0.266 e. The monoisotopic (exact) mass is 428 g/mol. The minimum Gasteiger partial charge on any atom is -0.481 e. The molecule has 6 heteroatoms. The van der Waals surface area contributed by atoms with Gasteiger partial charge in [0, 0.05) is 5.69 Å². The van der Waals surface area contributed by atoms with Crippen LogP contribution < -0.4 is 15.0 Å². The van der Waals surface area contributed by atoms with Gasteiger partial charge in [-0.25, -0.2) is 4.90 Å². The van der Waals surface area contributed by atoms with Crippen LogP contribution in [0.25, 0.3) is 0 Å². The third-order valence-corrected chi connectivity index (χ3v) is 5.37. The molecular weight excluding hydrogens is 404 g/mol. The van der Waals surface area contributed by atoms with E-state index in [1.165, 1.54) is 0 Å². The van der Waals surface area contributed by atoms with E-state index in [1.807, 2.05) is 24.3 Å². The van der Waals surface area contributed by atoms with Gasteiger partial charge in [-0.3, -0.25) is 14.4 Å². The van der Waals surface area contributed by atoms with Gasteiger partial charge in [-0.15, -0.1) is 0 Å². The predicted molar refractivity (Wildman–Crippen MR) is 123 cm³/mol. The molecule has 0 aromatic heterocycles. The number of nitrogens with one attached hydrogen (secondary N) is 1. The van der Waals surface area contributed by atoms with Crippen LogP contribution in [0, 0.1) is 0 Å². The molecule has 0 radical (unpaired) electrons. The van der Waals surface area contributed by atoms with Crippen LogP contribution in [0.15, 0.2) is 72.8 Å². The number of nitrogens with zero attached hydrogens (tertiary/aromatic N) is 1. The predicted octanol–water partition coefficient (Wildman–Crippen LogP) is 5.02. The first-order valence-corrected chi connectivity index (χ1v) is 10.5. The summed E-state index contributed by atoms with van der Waals surface area (Å²) >= 11 is 0. The zero-order valence-electron chi connectivity index (χ0n) is 18.2. The van der Waals surface area contributed by atoms with Crippen molar-refractivity contribution < 1.29 is 19.1 Å². The van der Waals surface area contributed by atoms with Gasteiger partial charge in [0.25, 0.3) is 17.7 Å². The standard InChI is InChI=1S/C26H24N2O4/c1-16(2)18-8-6-11-21(14-18)32-17(3)24(29)27-19-9-7-10-20(15-19)28-25(30)22-12-4-5-13-23(22)26(28)31/h4-17H,1-3H3,(H,27,29). The molecule has 32 heavy (non-hydrogen) atoms. The van der Waals surface area contributed by atoms with Gasteiger partial charge in [0.05, 0.1) is 16.8 Å². The Hall–Kier alpha value is -3.93. The molecule has 3 aromatic carbocycles. The van der Waals surface area contributed by atoms with Gasteiger partial charge in [-0.05, 0) is 60.9 Å². The van der Waals surface area contributed by atoms with Crippen LogP contribution in [0.1, 0.15) is 53.0 Å². The summed E-state index contributed by atoms with van der Waals surface area (Å²) < 4.78 is 5.81.